The predicted molar refractivity (Wildman–Crippen MR) is 40.7 cm³/mol. The van der Waals surface area contributed by atoms with Gasteiger partial charge in [0.15, 0.2) is 0 Å². The van der Waals surface area contributed by atoms with Crippen molar-refractivity contribution in [2.24, 2.45) is 0 Å². The predicted octanol–water partition coefficient (Wildman–Crippen LogP) is -1.87. The minimum absolute atomic E-state index is 0. The lowest BCUT2D eigenvalue weighted by molar-refractivity contribution is -0.693. The Kier molecular flexibility index (Phi) is 4.72. The molecular weight excluding hydrogens is 251 g/mol. The molecule has 0 aliphatic heterocycles. The molecule has 0 N–H and O–H groups in total. The molecule has 0 amide bonds. The highest BCUT2D eigenvalue weighted by Crippen LogP contribution is 1.93. The van der Waals surface area contributed by atoms with Crippen molar-refractivity contribution in [2.45, 2.75) is 33.9 Å². The molecule has 1 aromatic heterocycles. The lowest BCUT2D eigenvalue weighted by Gasteiger charge is -1.87. The second-order valence-corrected chi connectivity index (χ2v) is 2.50. The van der Waals surface area contributed by atoms with Crippen LogP contribution in [0.15, 0.2) is 12.5 Å². The summed E-state index contributed by atoms with van der Waals surface area (Å²) in [6.07, 6.45) is 4.32. The van der Waals surface area contributed by atoms with Gasteiger partial charge in [-0.1, -0.05) is 0 Å². The van der Waals surface area contributed by atoms with E-state index in [9.17, 15) is 0 Å². The van der Waals surface area contributed by atoms with Crippen molar-refractivity contribution in [3.05, 3.63) is 18.2 Å². The van der Waals surface area contributed by atoms with Crippen LogP contribution < -0.4 is 28.5 Å². The van der Waals surface area contributed by atoms with Crippen LogP contribution in [0.5, 0.6) is 0 Å². The van der Waals surface area contributed by atoms with Crippen LogP contribution in [0.25, 0.3) is 0 Å². The van der Waals surface area contributed by atoms with E-state index in [1.807, 2.05) is 0 Å². The van der Waals surface area contributed by atoms with Gasteiger partial charge in [0.1, 0.15) is 11.9 Å². The van der Waals surface area contributed by atoms with Crippen molar-refractivity contribution in [1.82, 2.24) is 4.57 Å². The van der Waals surface area contributed by atoms with Crippen molar-refractivity contribution in [3.63, 3.8) is 0 Å². The number of imidazole rings is 1. The molecular formula is C8H15IN2. The van der Waals surface area contributed by atoms with Gasteiger partial charge in [0.2, 0.25) is 6.33 Å². The van der Waals surface area contributed by atoms with Gasteiger partial charge >= 0.3 is 0 Å². The molecule has 0 aromatic carbocycles. The lowest BCUT2D eigenvalue weighted by atomic mass is 10.5. The van der Waals surface area contributed by atoms with Crippen LogP contribution in [-0.4, -0.2) is 4.57 Å². The van der Waals surface area contributed by atoms with Gasteiger partial charge < -0.3 is 24.0 Å². The zero-order chi connectivity index (χ0) is 7.56. The smallest absolute Gasteiger partial charge is 0.243 e. The molecule has 1 aromatic rings. The van der Waals surface area contributed by atoms with Gasteiger partial charge in [-0.2, -0.15) is 0 Å². The summed E-state index contributed by atoms with van der Waals surface area (Å²) in [7, 11) is 0. The largest absolute Gasteiger partial charge is 1.00 e. The number of hydrogen-bond acceptors (Lipinski definition) is 0. The first-order valence-corrected chi connectivity index (χ1v) is 3.83. The first-order valence-electron chi connectivity index (χ1n) is 3.83. The van der Waals surface area contributed by atoms with Gasteiger partial charge in [0, 0.05) is 6.92 Å². The van der Waals surface area contributed by atoms with E-state index in [2.05, 4.69) is 42.4 Å². The number of aryl methyl sites for hydroxylation is 3. The van der Waals surface area contributed by atoms with Crippen LogP contribution in [0.3, 0.4) is 0 Å². The van der Waals surface area contributed by atoms with Gasteiger partial charge in [-0.25, -0.2) is 9.13 Å². The number of halogens is 1. The van der Waals surface area contributed by atoms with Gasteiger partial charge in [0.25, 0.3) is 0 Å². The van der Waals surface area contributed by atoms with Crippen molar-refractivity contribution < 1.29 is 28.5 Å². The molecule has 11 heavy (non-hydrogen) atoms. The minimum Gasteiger partial charge on any atom is -1.00 e. The van der Waals surface area contributed by atoms with E-state index in [4.69, 9.17) is 0 Å². The summed E-state index contributed by atoms with van der Waals surface area (Å²) in [4.78, 5) is 0. The Balaban J connectivity index is 0.000001000. The third-order valence-electron chi connectivity index (χ3n) is 1.80. The van der Waals surface area contributed by atoms with E-state index in [1.54, 1.807) is 0 Å². The monoisotopic (exact) mass is 266 g/mol. The summed E-state index contributed by atoms with van der Waals surface area (Å²) in [6, 6.07) is 0. The second kappa shape index (κ2) is 4.74. The number of rotatable bonds is 2. The number of aromatic nitrogens is 2. The molecule has 0 atom stereocenters. The minimum atomic E-state index is 0. The fraction of sp³-hybridized carbons (Fsp3) is 0.625. The van der Waals surface area contributed by atoms with Crippen molar-refractivity contribution in [3.8, 4) is 0 Å². The molecule has 0 bridgehead atoms. The quantitative estimate of drug-likeness (QED) is 0.438. The summed E-state index contributed by atoms with van der Waals surface area (Å²) in [5.41, 5.74) is 1.34. The third kappa shape index (κ3) is 2.47. The van der Waals surface area contributed by atoms with Crippen LogP contribution >= 0.6 is 0 Å². The van der Waals surface area contributed by atoms with Crippen molar-refractivity contribution in [2.75, 3.05) is 0 Å². The van der Waals surface area contributed by atoms with Crippen LogP contribution in [0.4, 0.5) is 0 Å². The zero-order valence-corrected chi connectivity index (χ0v) is 9.50. The molecule has 0 radical (unpaired) electrons. The SMILES string of the molecule is CCn1c[n+](CC)cc1C.[I-]. The Hall–Kier alpha value is -0.0600. The summed E-state index contributed by atoms with van der Waals surface area (Å²) < 4.78 is 4.43. The van der Waals surface area contributed by atoms with Crippen molar-refractivity contribution in [1.29, 1.82) is 0 Å². The Labute approximate surface area is 85.2 Å². The van der Waals surface area contributed by atoms with Crippen LogP contribution in [-0.2, 0) is 13.1 Å². The molecule has 0 aliphatic carbocycles. The van der Waals surface area contributed by atoms with E-state index in [0.717, 1.165) is 13.1 Å². The molecule has 1 rings (SSSR count). The second-order valence-electron chi connectivity index (χ2n) is 2.50. The Morgan fingerprint density at radius 2 is 2.09 bits per heavy atom. The van der Waals surface area contributed by atoms with E-state index in [-0.39, 0.29) is 24.0 Å². The average molecular weight is 266 g/mol. The van der Waals surface area contributed by atoms with Crippen LogP contribution in [0.2, 0.25) is 0 Å². The topological polar surface area (TPSA) is 8.81 Å². The van der Waals surface area contributed by atoms with Gasteiger partial charge in [-0.15, -0.1) is 0 Å². The average Bonchev–Trinajstić information content (AvgIpc) is 2.30. The Morgan fingerprint density at radius 1 is 1.45 bits per heavy atom. The molecule has 3 heteroatoms. The summed E-state index contributed by atoms with van der Waals surface area (Å²) >= 11 is 0. The summed E-state index contributed by atoms with van der Waals surface area (Å²) in [5, 5.41) is 0. The molecule has 0 spiro atoms. The third-order valence-corrected chi connectivity index (χ3v) is 1.80. The highest BCUT2D eigenvalue weighted by Gasteiger charge is 2.04. The first-order chi connectivity index (χ1) is 4.77. The normalized spacial score (nSPS) is 9.36. The maximum absolute atomic E-state index is 2.24. The molecule has 64 valence electrons. The Bertz CT molecular complexity index is 218. The Morgan fingerprint density at radius 3 is 2.36 bits per heavy atom. The number of hydrogen-bond donors (Lipinski definition) is 0. The molecule has 0 aliphatic rings. The van der Waals surface area contributed by atoms with E-state index in [0.29, 0.717) is 0 Å². The lowest BCUT2D eigenvalue weighted by Crippen LogP contribution is -3.00. The molecule has 0 saturated carbocycles. The van der Waals surface area contributed by atoms with E-state index >= 15 is 0 Å². The molecule has 0 fully saturated rings. The zero-order valence-electron chi connectivity index (χ0n) is 7.34. The maximum atomic E-state index is 2.24. The first kappa shape index (κ1) is 10.9. The molecule has 0 unspecified atom stereocenters. The summed E-state index contributed by atoms with van der Waals surface area (Å²) in [6.45, 7) is 8.58. The molecule has 0 saturated heterocycles. The highest BCUT2D eigenvalue weighted by atomic mass is 127. The van der Waals surface area contributed by atoms with Crippen LogP contribution in [0.1, 0.15) is 19.5 Å². The van der Waals surface area contributed by atoms with Crippen molar-refractivity contribution >= 4 is 0 Å². The standard InChI is InChI=1S/C8H15N2.HI/c1-4-9-6-8(3)10(5-2)7-9;/h6-7H,4-5H2,1-3H3;1H/q+1;/p-1. The van der Waals surface area contributed by atoms with E-state index < -0.39 is 0 Å². The van der Waals surface area contributed by atoms with Gasteiger partial charge in [0.05, 0.1) is 13.1 Å². The molecule has 2 nitrogen and oxygen atoms in total. The maximum Gasteiger partial charge on any atom is 0.243 e. The van der Waals surface area contributed by atoms with Gasteiger partial charge in [-0.3, -0.25) is 0 Å². The van der Waals surface area contributed by atoms with E-state index in [1.165, 1.54) is 5.69 Å². The highest BCUT2D eigenvalue weighted by molar-refractivity contribution is 4.88. The fourth-order valence-corrected chi connectivity index (χ4v) is 1.12. The fourth-order valence-electron chi connectivity index (χ4n) is 1.12. The summed E-state index contributed by atoms with van der Waals surface area (Å²) in [5.74, 6) is 0. The van der Waals surface area contributed by atoms with Gasteiger partial charge in [-0.05, 0) is 13.8 Å². The molecule has 1 heterocycles. The van der Waals surface area contributed by atoms with Crippen LogP contribution in [0, 0.1) is 6.92 Å². The number of nitrogens with zero attached hydrogens (tertiary/aromatic N) is 2.